The fraction of sp³-hybridized carbons (Fsp3) is 0.527. The number of hydrogen-bond acceptors (Lipinski definition) is 24. The molecule has 15 atom stereocenters. The van der Waals surface area contributed by atoms with Crippen LogP contribution in [0.1, 0.15) is 159 Å². The number of hydrogen-bond donors (Lipinski definition) is 20. The summed E-state index contributed by atoms with van der Waals surface area (Å²) in [5.41, 5.74) is 30.5. The molecule has 4 aliphatic heterocycles. The Kier molecular flexibility index (Phi) is 39.0. The van der Waals surface area contributed by atoms with Gasteiger partial charge in [-0.05, 0) is 105 Å². The summed E-state index contributed by atoms with van der Waals surface area (Å²) in [6.45, 7) is 0.568. The van der Waals surface area contributed by atoms with Gasteiger partial charge in [0.2, 0.25) is 112 Å². The maximum Gasteiger partial charge on any atom is 0.323 e. The number of carboxylic acid groups (broad SMARTS) is 2. The van der Waals surface area contributed by atoms with E-state index in [1.165, 1.54) is 55.3 Å². The first-order valence-corrected chi connectivity index (χ1v) is 45.9. The Labute approximate surface area is 792 Å². The molecular weight excluding hydrogens is 1800 g/mol. The van der Waals surface area contributed by atoms with Crippen LogP contribution in [-0.2, 0) is 126 Å². The van der Waals surface area contributed by atoms with Crippen molar-refractivity contribution in [1.29, 1.82) is 0 Å². The molecule has 3 aromatic carbocycles. The highest BCUT2D eigenvalue weighted by atomic mass is 16.4. The Morgan fingerprint density at radius 1 is 0.442 bits per heavy atom. The Morgan fingerprint density at radius 3 is 1.56 bits per heavy atom. The van der Waals surface area contributed by atoms with Gasteiger partial charge in [0.15, 0.2) is 0 Å². The van der Waals surface area contributed by atoms with Crippen LogP contribution in [0.25, 0.3) is 21.8 Å². The van der Waals surface area contributed by atoms with Crippen LogP contribution in [-0.4, -0.2) is 316 Å². The summed E-state index contributed by atoms with van der Waals surface area (Å²) in [7, 11) is 2.46. The number of para-hydroxylation sites is 2. The third-order valence-corrected chi connectivity index (χ3v) is 24.9. The summed E-state index contributed by atoms with van der Waals surface area (Å²) in [5.74, 6) is -23.5. The molecule has 9 rings (SSSR count). The van der Waals surface area contributed by atoms with E-state index in [9.17, 15) is 82.8 Å². The van der Waals surface area contributed by atoms with Crippen molar-refractivity contribution in [3.63, 3.8) is 0 Å². The predicted molar refractivity (Wildman–Crippen MR) is 490 cm³/mol. The number of nitrogens with zero attached hydrogens (tertiary/aromatic N) is 6. The molecule has 5 aromatic rings. The molecule has 138 heavy (non-hydrogen) atoms. The first-order chi connectivity index (χ1) is 65.6. The Balaban J connectivity index is 1.12. The number of aliphatic carboxylic acids is 2. The number of aliphatic hydroxyl groups excluding tert-OH is 1. The van der Waals surface area contributed by atoms with Crippen molar-refractivity contribution in [2.24, 2.45) is 28.7 Å². The fourth-order valence-corrected chi connectivity index (χ4v) is 17.6. The minimum absolute atomic E-state index is 0.0559. The van der Waals surface area contributed by atoms with E-state index in [0.717, 1.165) is 24.5 Å². The number of piperidine rings is 1. The molecule has 47 nitrogen and oxygen atoms in total. The molecule has 4 saturated heterocycles. The van der Waals surface area contributed by atoms with Gasteiger partial charge in [0, 0.05) is 119 Å². The molecule has 0 aliphatic carbocycles. The first-order valence-electron chi connectivity index (χ1n) is 45.9. The molecule has 0 radical (unpaired) electrons. The van der Waals surface area contributed by atoms with Gasteiger partial charge in [0.25, 0.3) is 0 Å². The summed E-state index contributed by atoms with van der Waals surface area (Å²) < 4.78 is 1.36. The van der Waals surface area contributed by atoms with Gasteiger partial charge in [-0.1, -0.05) is 88.1 Å². The number of aromatic hydroxyl groups is 1. The average molecular weight is 1930 g/mol. The second-order valence-corrected chi connectivity index (χ2v) is 35.1. The Bertz CT molecular complexity index is 5350. The zero-order chi connectivity index (χ0) is 101. The van der Waals surface area contributed by atoms with Crippen LogP contribution in [0, 0.1) is 0 Å². The SMILES string of the molecule is CCCC[C@H]1C(=O)N(C)[C@@H](CCCC)C(=O)N[C@@H](CCC(=O)O)C(=O)N[C@H](C(N)=O)CNCC(=O)N[C@@H](Cc2ccc(O)cc2)C(=O)N2CCCC[C@H]2C(=O)N[C@@H](CC(N)=O)C(=O)N2CCCC2C(=O)N[C@@H](CCC(N)=O)C(=O)N[C@@H](CCC(N)=O)C(=O)N2C[C@H](O)C[C@H]2C(=O)N[C@@H](Cc2c[nH]c3ccccc23)C(=O)N[C@@H](CC(N)=O)C(=O)N[C@@H](Cc2cn(CC(=O)O)c3ccccc23)C(=O)N1C. The quantitative estimate of drug-likeness (QED) is 0.0223. The number of fused-ring (bicyclic) bond motifs is 5. The summed E-state index contributed by atoms with van der Waals surface area (Å²) in [4.78, 5) is 309. The molecule has 4 fully saturated rings. The minimum atomic E-state index is -2.07. The summed E-state index contributed by atoms with van der Waals surface area (Å²) in [6, 6.07) is -5.52. The molecular formula is C91H124N22O25. The minimum Gasteiger partial charge on any atom is -0.508 e. The van der Waals surface area contributed by atoms with E-state index in [0.29, 0.717) is 58.6 Å². The number of aliphatic hydroxyl groups is 1. The number of carbonyl (C=O) groups is 21. The van der Waals surface area contributed by atoms with Crippen molar-refractivity contribution in [3.8, 4) is 5.75 Å². The Morgan fingerprint density at radius 2 is 0.935 bits per heavy atom. The van der Waals surface area contributed by atoms with Crippen LogP contribution in [0.5, 0.6) is 5.75 Å². The van der Waals surface area contributed by atoms with E-state index in [-0.39, 0.29) is 75.8 Å². The van der Waals surface area contributed by atoms with Gasteiger partial charge in [0.05, 0.1) is 25.5 Å². The van der Waals surface area contributed by atoms with E-state index in [2.05, 4.69) is 58.2 Å². The number of H-pyrrole nitrogens is 1. The lowest BCUT2D eigenvalue weighted by atomic mass is 9.97. The lowest BCUT2D eigenvalue weighted by molar-refractivity contribution is -0.149. The topological polar surface area (TPSA) is 727 Å². The van der Waals surface area contributed by atoms with Gasteiger partial charge in [-0.3, -0.25) is 101 Å². The first kappa shape index (κ1) is 107. The number of nitrogens with two attached hydrogens (primary N) is 5. The predicted octanol–water partition coefficient (Wildman–Crippen LogP) is -5.09. The monoisotopic (exact) mass is 1920 g/mol. The number of rotatable bonds is 28. The van der Waals surface area contributed by atoms with Crippen LogP contribution in [0.3, 0.4) is 0 Å². The number of nitrogens with one attached hydrogen (secondary N) is 11. The smallest absolute Gasteiger partial charge is 0.323 e. The van der Waals surface area contributed by atoms with Gasteiger partial charge in [0.1, 0.15) is 96.9 Å². The van der Waals surface area contributed by atoms with E-state index in [4.69, 9.17) is 28.7 Å². The number of phenols is 1. The Hall–Kier alpha value is -14.7. The van der Waals surface area contributed by atoms with Crippen molar-refractivity contribution in [2.75, 3.05) is 46.8 Å². The number of aromatic amines is 1. The summed E-state index contributed by atoms with van der Waals surface area (Å²) >= 11 is 0. The molecule has 1 unspecified atom stereocenters. The van der Waals surface area contributed by atoms with Crippen LogP contribution < -0.4 is 81.8 Å². The van der Waals surface area contributed by atoms with Crippen molar-refractivity contribution in [3.05, 3.63) is 102 Å². The normalized spacial score (nSPS) is 24.9. The number of amides is 19. The van der Waals surface area contributed by atoms with E-state index in [1.54, 1.807) is 62.4 Å². The van der Waals surface area contributed by atoms with E-state index in [1.807, 2.05) is 0 Å². The largest absolute Gasteiger partial charge is 0.508 e. The zero-order valence-corrected chi connectivity index (χ0v) is 77.2. The number of primary amides is 5. The highest BCUT2D eigenvalue weighted by molar-refractivity contribution is 6.03. The molecule has 47 heteroatoms. The summed E-state index contributed by atoms with van der Waals surface area (Å²) in [5, 5.41) is 68.1. The van der Waals surface area contributed by atoms with Gasteiger partial charge in [-0.15, -0.1) is 0 Å². The molecule has 748 valence electrons. The van der Waals surface area contributed by atoms with Crippen LogP contribution in [0.15, 0.2) is 85.2 Å². The second-order valence-electron chi connectivity index (χ2n) is 35.1. The molecule has 0 bridgehead atoms. The van der Waals surface area contributed by atoms with Crippen molar-refractivity contribution in [1.82, 2.24) is 87.2 Å². The number of carbonyl (C=O) groups excluding carboxylic acids is 19. The highest BCUT2D eigenvalue weighted by Gasteiger charge is 2.48. The third-order valence-electron chi connectivity index (χ3n) is 24.9. The van der Waals surface area contributed by atoms with Crippen LogP contribution in [0.4, 0.5) is 0 Å². The molecule has 2 aromatic heterocycles. The number of benzene rings is 3. The van der Waals surface area contributed by atoms with Gasteiger partial charge < -0.3 is 136 Å². The van der Waals surface area contributed by atoms with E-state index < -0.39 is 312 Å². The van der Waals surface area contributed by atoms with Crippen LogP contribution in [0.2, 0.25) is 0 Å². The maximum atomic E-state index is 15.9. The average Bonchev–Trinajstić information content (AvgIpc) is 1.68. The number of unbranched alkanes of at least 4 members (excludes halogenated alkanes) is 2. The number of aromatic nitrogens is 2. The molecule has 19 amide bonds. The lowest BCUT2D eigenvalue weighted by Gasteiger charge is -2.38. The number of likely N-dealkylation sites (N-methyl/N-ethyl adjacent to an activating group) is 2. The van der Waals surface area contributed by atoms with E-state index >= 15 is 38.4 Å². The highest BCUT2D eigenvalue weighted by Crippen LogP contribution is 2.30. The van der Waals surface area contributed by atoms with Crippen molar-refractivity contribution in [2.45, 2.75) is 259 Å². The van der Waals surface area contributed by atoms with Gasteiger partial charge in [-0.25, -0.2) is 0 Å². The molecule has 0 saturated carbocycles. The molecule has 25 N–H and O–H groups in total. The lowest BCUT2D eigenvalue weighted by Crippen LogP contribution is -2.62. The summed E-state index contributed by atoms with van der Waals surface area (Å²) in [6.07, 6.45) is -4.71. The number of phenolic OH excluding ortho intramolecular Hbond substituents is 1. The van der Waals surface area contributed by atoms with Crippen molar-refractivity contribution < 1.29 is 121 Å². The maximum absolute atomic E-state index is 15.9. The van der Waals surface area contributed by atoms with Crippen molar-refractivity contribution >= 4 is 146 Å². The molecule has 0 spiro atoms. The zero-order valence-electron chi connectivity index (χ0n) is 77.2. The standard InChI is InChI=1S/C91H124N22O25/c1-5-7-19-66-83(130)100-57(30-33-76(121)122)80(127)107-64(78(96)125)43-97-44-75(120)99-61(36-48-24-26-51(114)27-25-48)89(136)111-34-14-13-22-67(111)85(132)106-63(41-74(95)119)90(137)112-35-15-23-68(112)84(131)101-56(28-31-71(92)116)79(126)102-58(29-32-72(93)117)88(135)113-46-52(115)39-70(113)86(133)104-59(37-49-42-98-55-18-11-9-16-53(49)55)81(128)103-60(40-73(94)118)82(129)105-62(87(134)109(4)69(20-8-6-2)91(138)108(66)3)38-50-45-110(47-77(123)124)65-21-12-10-17-54(50)65/h9-12,16-18,21,24-27,42,45,52,56-64,66-70,97-98,114-115H,5-8,13-15,19-20,22-23,28-41,43-44,46-47H2,1-4H3,(H2,92,116)(H2,93,117)(H2,94,118)(H2,95,119)(H2,96,125)(H,99,120)(H,100,130)(H,101,131)(H,102,126)(H,103,128)(H,104,133)(H,105,129)(H,106,132)(H,107,127)(H,121,122)(H,123,124)/t52-,56+,57+,58+,59+,60+,61+,62+,63+,64+,66+,67+,68?,69+,70+/m1/s1. The van der Waals surface area contributed by atoms with Crippen LogP contribution >= 0.6 is 0 Å². The molecule has 6 heterocycles. The number of carboxylic acids is 2. The third kappa shape index (κ3) is 29.4. The second kappa shape index (κ2) is 50.2. The van der Waals surface area contributed by atoms with Gasteiger partial charge in [-0.2, -0.15) is 0 Å². The van der Waals surface area contributed by atoms with Gasteiger partial charge >= 0.3 is 11.9 Å². The molecule has 4 aliphatic rings. The fourth-order valence-electron chi connectivity index (χ4n) is 17.6.